The molecule has 3 heteroatoms. The Bertz CT molecular complexity index is 664. The highest BCUT2D eigenvalue weighted by Crippen LogP contribution is 2.24. The van der Waals surface area contributed by atoms with Crippen molar-refractivity contribution in [2.24, 2.45) is 11.7 Å². The molecule has 0 saturated carbocycles. The molecule has 2 aromatic rings. The number of carbonyl (C=O) groups is 1. The summed E-state index contributed by atoms with van der Waals surface area (Å²) in [5, 5.41) is 3.13. The Morgan fingerprint density at radius 1 is 1.09 bits per heavy atom. The molecule has 0 aliphatic heterocycles. The fourth-order valence-electron chi connectivity index (χ4n) is 2.65. The summed E-state index contributed by atoms with van der Waals surface area (Å²) in [7, 11) is 0. The van der Waals surface area contributed by atoms with Gasteiger partial charge in [0.05, 0.1) is 11.5 Å². The van der Waals surface area contributed by atoms with E-state index in [-0.39, 0.29) is 17.9 Å². The molecule has 2 unspecified atom stereocenters. The highest BCUT2D eigenvalue weighted by Gasteiger charge is 2.28. The van der Waals surface area contributed by atoms with Gasteiger partial charge in [0.25, 0.3) is 0 Å². The van der Waals surface area contributed by atoms with Crippen LogP contribution in [0.25, 0.3) is 0 Å². The van der Waals surface area contributed by atoms with Gasteiger partial charge in [-0.3, -0.25) is 4.79 Å². The van der Waals surface area contributed by atoms with Crippen LogP contribution in [-0.4, -0.2) is 5.91 Å². The van der Waals surface area contributed by atoms with Gasteiger partial charge in [-0.2, -0.15) is 0 Å². The Balaban J connectivity index is 2.11. The zero-order valence-corrected chi connectivity index (χ0v) is 14.3. The van der Waals surface area contributed by atoms with E-state index < -0.39 is 5.54 Å². The molecule has 2 atom stereocenters. The van der Waals surface area contributed by atoms with Crippen molar-refractivity contribution in [3.05, 3.63) is 71.3 Å². The van der Waals surface area contributed by atoms with Gasteiger partial charge in [0.2, 0.25) is 5.91 Å². The Labute approximate surface area is 138 Å². The summed E-state index contributed by atoms with van der Waals surface area (Å²) in [5.41, 5.74) is 9.07. The highest BCUT2D eigenvalue weighted by molar-refractivity contribution is 5.80. The van der Waals surface area contributed by atoms with Crippen molar-refractivity contribution >= 4 is 5.91 Å². The standard InChI is InChI=1S/C20H26N2O/c1-14-9-8-12-17(13-14)20(3,4)22-19(23)15(2)18(21)16-10-6-5-7-11-16/h5-13,15,18H,21H2,1-4H3,(H,22,23). The fourth-order valence-corrected chi connectivity index (χ4v) is 2.65. The molecule has 0 aliphatic rings. The van der Waals surface area contributed by atoms with Crippen LogP contribution in [0.4, 0.5) is 0 Å². The maximum atomic E-state index is 12.6. The van der Waals surface area contributed by atoms with E-state index in [1.807, 2.05) is 63.2 Å². The van der Waals surface area contributed by atoms with Crippen molar-refractivity contribution in [1.82, 2.24) is 5.32 Å². The van der Waals surface area contributed by atoms with Gasteiger partial charge in [-0.15, -0.1) is 0 Å². The SMILES string of the molecule is Cc1cccc(C(C)(C)NC(=O)C(C)C(N)c2ccccc2)c1. The van der Waals surface area contributed by atoms with Crippen LogP contribution in [0, 0.1) is 12.8 Å². The van der Waals surface area contributed by atoms with Crippen molar-refractivity contribution in [2.45, 2.75) is 39.3 Å². The minimum absolute atomic E-state index is 0.0344. The maximum absolute atomic E-state index is 12.6. The zero-order valence-electron chi connectivity index (χ0n) is 14.3. The molecule has 122 valence electrons. The Morgan fingerprint density at radius 2 is 1.74 bits per heavy atom. The summed E-state index contributed by atoms with van der Waals surface area (Å²) >= 11 is 0. The molecule has 0 heterocycles. The van der Waals surface area contributed by atoms with Crippen LogP contribution in [0.3, 0.4) is 0 Å². The summed E-state index contributed by atoms with van der Waals surface area (Å²) in [6.07, 6.45) is 0. The number of rotatable bonds is 5. The van der Waals surface area contributed by atoms with Crippen LogP contribution in [0.5, 0.6) is 0 Å². The van der Waals surface area contributed by atoms with Crippen LogP contribution in [0.15, 0.2) is 54.6 Å². The summed E-state index contributed by atoms with van der Waals surface area (Å²) < 4.78 is 0. The van der Waals surface area contributed by atoms with Crippen LogP contribution < -0.4 is 11.1 Å². The number of hydrogen-bond donors (Lipinski definition) is 2. The number of amides is 1. The van der Waals surface area contributed by atoms with Crippen LogP contribution in [0.2, 0.25) is 0 Å². The molecule has 0 bridgehead atoms. The van der Waals surface area contributed by atoms with E-state index in [9.17, 15) is 4.79 Å². The number of hydrogen-bond acceptors (Lipinski definition) is 2. The molecule has 0 spiro atoms. The quantitative estimate of drug-likeness (QED) is 0.885. The summed E-state index contributed by atoms with van der Waals surface area (Å²) in [6.45, 7) is 7.95. The first kappa shape index (κ1) is 17.2. The molecule has 3 N–H and O–H groups in total. The van der Waals surface area contributed by atoms with Gasteiger partial charge in [-0.05, 0) is 31.9 Å². The maximum Gasteiger partial charge on any atom is 0.225 e. The second-order valence-corrected chi connectivity index (χ2v) is 6.71. The van der Waals surface area contributed by atoms with Gasteiger partial charge in [-0.25, -0.2) is 0 Å². The average Bonchev–Trinajstić information content (AvgIpc) is 2.54. The first-order valence-electron chi connectivity index (χ1n) is 8.01. The summed E-state index contributed by atoms with van der Waals surface area (Å²) in [6, 6.07) is 17.6. The third-order valence-electron chi connectivity index (χ3n) is 4.31. The lowest BCUT2D eigenvalue weighted by molar-refractivity contribution is -0.126. The average molecular weight is 310 g/mol. The van der Waals surface area contributed by atoms with Crippen LogP contribution >= 0.6 is 0 Å². The molecule has 2 aromatic carbocycles. The van der Waals surface area contributed by atoms with Crippen molar-refractivity contribution in [3.63, 3.8) is 0 Å². The monoisotopic (exact) mass is 310 g/mol. The summed E-state index contributed by atoms with van der Waals surface area (Å²) in [4.78, 5) is 12.6. The third kappa shape index (κ3) is 4.20. The van der Waals surface area contributed by atoms with Crippen molar-refractivity contribution in [1.29, 1.82) is 0 Å². The van der Waals surface area contributed by atoms with E-state index >= 15 is 0 Å². The van der Waals surface area contributed by atoms with Crippen molar-refractivity contribution in [2.75, 3.05) is 0 Å². The van der Waals surface area contributed by atoms with Gasteiger partial charge in [-0.1, -0.05) is 67.1 Å². The Hall–Kier alpha value is -2.13. The second kappa shape index (κ2) is 6.97. The minimum Gasteiger partial charge on any atom is -0.347 e. The minimum atomic E-state index is -0.437. The summed E-state index contributed by atoms with van der Waals surface area (Å²) in [5.74, 6) is -0.339. The molecular weight excluding hydrogens is 284 g/mol. The van der Waals surface area contributed by atoms with Gasteiger partial charge < -0.3 is 11.1 Å². The van der Waals surface area contributed by atoms with E-state index in [0.717, 1.165) is 11.1 Å². The highest BCUT2D eigenvalue weighted by atomic mass is 16.2. The smallest absolute Gasteiger partial charge is 0.225 e. The molecule has 2 rings (SSSR count). The lowest BCUT2D eigenvalue weighted by Crippen LogP contribution is -2.45. The van der Waals surface area contributed by atoms with E-state index in [1.165, 1.54) is 5.56 Å². The van der Waals surface area contributed by atoms with Gasteiger partial charge in [0.1, 0.15) is 0 Å². The molecule has 0 saturated heterocycles. The molecule has 0 fully saturated rings. The number of nitrogens with one attached hydrogen (secondary N) is 1. The molecule has 23 heavy (non-hydrogen) atoms. The number of nitrogens with two attached hydrogens (primary N) is 1. The predicted molar refractivity (Wildman–Crippen MR) is 94.9 cm³/mol. The zero-order chi connectivity index (χ0) is 17.0. The lowest BCUT2D eigenvalue weighted by Gasteiger charge is -2.30. The van der Waals surface area contributed by atoms with Gasteiger partial charge in [0.15, 0.2) is 0 Å². The molecule has 0 aromatic heterocycles. The van der Waals surface area contributed by atoms with E-state index in [1.54, 1.807) is 0 Å². The first-order chi connectivity index (χ1) is 10.8. The number of aryl methyl sites for hydroxylation is 1. The largest absolute Gasteiger partial charge is 0.347 e. The normalized spacial score (nSPS) is 14.1. The van der Waals surface area contributed by atoms with Crippen molar-refractivity contribution < 1.29 is 4.79 Å². The number of carbonyl (C=O) groups excluding carboxylic acids is 1. The predicted octanol–water partition coefficient (Wildman–Crippen LogP) is 3.68. The fraction of sp³-hybridized carbons (Fsp3) is 0.350. The second-order valence-electron chi connectivity index (χ2n) is 6.71. The van der Waals surface area contributed by atoms with Gasteiger partial charge in [0, 0.05) is 6.04 Å². The molecule has 0 radical (unpaired) electrons. The van der Waals surface area contributed by atoms with Gasteiger partial charge >= 0.3 is 0 Å². The molecule has 0 aliphatic carbocycles. The van der Waals surface area contributed by atoms with E-state index in [4.69, 9.17) is 5.73 Å². The molecule has 3 nitrogen and oxygen atoms in total. The van der Waals surface area contributed by atoms with Crippen molar-refractivity contribution in [3.8, 4) is 0 Å². The van der Waals surface area contributed by atoms with Crippen LogP contribution in [0.1, 0.15) is 43.5 Å². The lowest BCUT2D eigenvalue weighted by atomic mass is 9.90. The number of benzene rings is 2. The molecular formula is C20H26N2O. The van der Waals surface area contributed by atoms with Crippen LogP contribution in [-0.2, 0) is 10.3 Å². The molecule has 1 amide bonds. The Kier molecular flexibility index (Phi) is 5.22. The third-order valence-corrected chi connectivity index (χ3v) is 4.31. The van der Waals surface area contributed by atoms with E-state index in [2.05, 4.69) is 24.4 Å². The van der Waals surface area contributed by atoms with E-state index in [0.29, 0.717) is 0 Å². The Morgan fingerprint density at radius 3 is 2.35 bits per heavy atom. The topological polar surface area (TPSA) is 55.1 Å². The first-order valence-corrected chi connectivity index (χ1v) is 8.01.